The molecule has 0 saturated heterocycles. The standard InChI is InChI=1S/C17H25NO2/c1-2-3-4-5-8-12-18-13-11-14-9-6-7-10-15(14)16(18)17(19)20/h6-7,9-10,16H,2-5,8,11-13H2,1H3,(H,19,20). The fraction of sp³-hybridized carbons (Fsp3) is 0.588. The summed E-state index contributed by atoms with van der Waals surface area (Å²) in [5.41, 5.74) is 2.18. The quantitative estimate of drug-likeness (QED) is 0.772. The largest absolute Gasteiger partial charge is 0.480 e. The summed E-state index contributed by atoms with van der Waals surface area (Å²) in [6.07, 6.45) is 7.07. The smallest absolute Gasteiger partial charge is 0.325 e. The van der Waals surface area contributed by atoms with Crippen LogP contribution in [0.15, 0.2) is 24.3 Å². The van der Waals surface area contributed by atoms with Crippen molar-refractivity contribution < 1.29 is 9.90 Å². The number of fused-ring (bicyclic) bond motifs is 1. The Hall–Kier alpha value is -1.35. The molecular weight excluding hydrogens is 250 g/mol. The van der Waals surface area contributed by atoms with E-state index in [0.717, 1.165) is 31.5 Å². The zero-order chi connectivity index (χ0) is 14.4. The van der Waals surface area contributed by atoms with Crippen LogP contribution in [0.1, 0.15) is 56.2 Å². The topological polar surface area (TPSA) is 40.5 Å². The molecule has 0 spiro atoms. The minimum Gasteiger partial charge on any atom is -0.480 e. The molecule has 3 nitrogen and oxygen atoms in total. The molecular formula is C17H25NO2. The first-order valence-corrected chi connectivity index (χ1v) is 7.78. The number of nitrogens with zero attached hydrogens (tertiary/aromatic N) is 1. The van der Waals surface area contributed by atoms with E-state index < -0.39 is 12.0 Å². The van der Waals surface area contributed by atoms with E-state index in [-0.39, 0.29) is 0 Å². The molecule has 1 aliphatic rings. The van der Waals surface area contributed by atoms with E-state index in [9.17, 15) is 9.90 Å². The van der Waals surface area contributed by atoms with Crippen LogP contribution in [0.2, 0.25) is 0 Å². The van der Waals surface area contributed by atoms with Gasteiger partial charge in [-0.3, -0.25) is 9.69 Å². The van der Waals surface area contributed by atoms with Crippen molar-refractivity contribution in [3.63, 3.8) is 0 Å². The summed E-state index contributed by atoms with van der Waals surface area (Å²) in [6, 6.07) is 7.52. The van der Waals surface area contributed by atoms with Gasteiger partial charge < -0.3 is 5.11 Å². The predicted molar refractivity (Wildman–Crippen MR) is 80.9 cm³/mol. The number of carboxylic acids is 1. The molecule has 20 heavy (non-hydrogen) atoms. The number of unbranched alkanes of at least 4 members (excludes halogenated alkanes) is 4. The van der Waals surface area contributed by atoms with Crippen molar-refractivity contribution in [3.05, 3.63) is 35.4 Å². The fourth-order valence-corrected chi connectivity index (χ4v) is 3.07. The second-order valence-corrected chi connectivity index (χ2v) is 5.64. The molecule has 1 atom stereocenters. The minimum atomic E-state index is -0.717. The van der Waals surface area contributed by atoms with Gasteiger partial charge in [-0.15, -0.1) is 0 Å². The molecule has 0 radical (unpaired) electrons. The summed E-state index contributed by atoms with van der Waals surface area (Å²) < 4.78 is 0. The van der Waals surface area contributed by atoms with Crippen LogP contribution in [0.4, 0.5) is 0 Å². The summed E-state index contributed by atoms with van der Waals surface area (Å²) >= 11 is 0. The Morgan fingerprint density at radius 1 is 1.25 bits per heavy atom. The number of carbonyl (C=O) groups is 1. The summed E-state index contributed by atoms with van der Waals surface area (Å²) in [5.74, 6) is -0.717. The maximum Gasteiger partial charge on any atom is 0.325 e. The average molecular weight is 275 g/mol. The van der Waals surface area contributed by atoms with Gasteiger partial charge >= 0.3 is 5.97 Å². The van der Waals surface area contributed by atoms with Gasteiger partial charge in [-0.25, -0.2) is 0 Å². The van der Waals surface area contributed by atoms with Crippen LogP contribution in [-0.2, 0) is 11.2 Å². The lowest BCUT2D eigenvalue weighted by atomic mass is 9.92. The molecule has 1 aromatic rings. The average Bonchev–Trinajstić information content (AvgIpc) is 2.46. The Labute approximate surface area is 121 Å². The van der Waals surface area contributed by atoms with E-state index in [0.29, 0.717) is 0 Å². The molecule has 1 aliphatic heterocycles. The van der Waals surface area contributed by atoms with Crippen molar-refractivity contribution in [2.45, 2.75) is 51.5 Å². The maximum atomic E-state index is 11.6. The first kappa shape index (κ1) is 15.0. The van der Waals surface area contributed by atoms with Gasteiger partial charge in [0, 0.05) is 6.54 Å². The summed E-state index contributed by atoms with van der Waals surface area (Å²) in [7, 11) is 0. The molecule has 0 bridgehead atoms. The molecule has 1 unspecified atom stereocenters. The van der Waals surface area contributed by atoms with Crippen LogP contribution in [0, 0.1) is 0 Å². The van der Waals surface area contributed by atoms with Crippen molar-refractivity contribution in [3.8, 4) is 0 Å². The van der Waals surface area contributed by atoms with Crippen molar-refractivity contribution in [2.75, 3.05) is 13.1 Å². The van der Waals surface area contributed by atoms with Crippen LogP contribution >= 0.6 is 0 Å². The Morgan fingerprint density at radius 3 is 2.75 bits per heavy atom. The molecule has 0 saturated carbocycles. The predicted octanol–water partition coefficient (Wildman–Crippen LogP) is 3.64. The summed E-state index contributed by atoms with van der Waals surface area (Å²) in [6.45, 7) is 3.97. The summed E-state index contributed by atoms with van der Waals surface area (Å²) in [5, 5.41) is 9.55. The van der Waals surface area contributed by atoms with Crippen molar-refractivity contribution in [1.29, 1.82) is 0 Å². The van der Waals surface area contributed by atoms with Gasteiger partial charge in [0.15, 0.2) is 0 Å². The second kappa shape index (κ2) is 7.44. The van der Waals surface area contributed by atoms with Gasteiger partial charge in [-0.1, -0.05) is 56.9 Å². The highest BCUT2D eigenvalue weighted by atomic mass is 16.4. The molecule has 0 aromatic heterocycles. The van der Waals surface area contributed by atoms with Gasteiger partial charge in [0.1, 0.15) is 6.04 Å². The molecule has 0 aliphatic carbocycles. The lowest BCUT2D eigenvalue weighted by Crippen LogP contribution is -2.40. The molecule has 2 rings (SSSR count). The molecule has 1 N–H and O–H groups in total. The van der Waals surface area contributed by atoms with Gasteiger partial charge in [-0.2, -0.15) is 0 Å². The van der Waals surface area contributed by atoms with Crippen molar-refractivity contribution in [1.82, 2.24) is 4.90 Å². The zero-order valence-electron chi connectivity index (χ0n) is 12.3. The fourth-order valence-electron chi connectivity index (χ4n) is 3.07. The van der Waals surface area contributed by atoms with Gasteiger partial charge in [-0.05, 0) is 30.5 Å². The van der Waals surface area contributed by atoms with Gasteiger partial charge in [0.2, 0.25) is 0 Å². The lowest BCUT2D eigenvalue weighted by Gasteiger charge is -2.34. The molecule has 3 heteroatoms. The van der Waals surface area contributed by atoms with E-state index in [1.807, 2.05) is 18.2 Å². The third kappa shape index (κ3) is 3.60. The number of aliphatic carboxylic acids is 1. The van der Waals surface area contributed by atoms with Crippen LogP contribution in [-0.4, -0.2) is 29.1 Å². The highest BCUT2D eigenvalue weighted by molar-refractivity contribution is 5.76. The number of hydrogen-bond donors (Lipinski definition) is 1. The first-order valence-electron chi connectivity index (χ1n) is 7.78. The highest BCUT2D eigenvalue weighted by Crippen LogP contribution is 2.30. The monoisotopic (exact) mass is 275 g/mol. The Kier molecular flexibility index (Phi) is 5.60. The van der Waals surface area contributed by atoms with Crippen molar-refractivity contribution >= 4 is 5.97 Å². The van der Waals surface area contributed by atoms with E-state index in [1.54, 1.807) is 0 Å². The van der Waals surface area contributed by atoms with E-state index in [2.05, 4.69) is 17.9 Å². The van der Waals surface area contributed by atoms with Crippen LogP contribution in [0.3, 0.4) is 0 Å². The van der Waals surface area contributed by atoms with Gasteiger partial charge in [0.25, 0.3) is 0 Å². The third-order valence-electron chi connectivity index (χ3n) is 4.17. The SMILES string of the molecule is CCCCCCCN1CCc2ccccc2C1C(=O)O. The number of carboxylic acid groups (broad SMARTS) is 1. The van der Waals surface area contributed by atoms with Crippen molar-refractivity contribution in [2.24, 2.45) is 0 Å². The first-order chi connectivity index (χ1) is 9.74. The molecule has 110 valence electrons. The van der Waals surface area contributed by atoms with E-state index in [1.165, 1.54) is 31.2 Å². The van der Waals surface area contributed by atoms with E-state index in [4.69, 9.17) is 0 Å². The van der Waals surface area contributed by atoms with Crippen LogP contribution in [0.5, 0.6) is 0 Å². The Bertz CT molecular complexity index is 444. The highest BCUT2D eigenvalue weighted by Gasteiger charge is 2.31. The molecule has 1 heterocycles. The van der Waals surface area contributed by atoms with Gasteiger partial charge in [0.05, 0.1) is 0 Å². The maximum absolute atomic E-state index is 11.6. The molecule has 0 fully saturated rings. The van der Waals surface area contributed by atoms with E-state index >= 15 is 0 Å². The molecule has 0 amide bonds. The third-order valence-corrected chi connectivity index (χ3v) is 4.17. The lowest BCUT2D eigenvalue weighted by molar-refractivity contribution is -0.144. The minimum absolute atomic E-state index is 0.453. The Balaban J connectivity index is 1.98. The number of benzene rings is 1. The zero-order valence-corrected chi connectivity index (χ0v) is 12.3. The second-order valence-electron chi connectivity index (χ2n) is 5.64. The molecule has 1 aromatic carbocycles. The normalized spacial score (nSPS) is 18.8. The van der Waals surface area contributed by atoms with Crippen LogP contribution < -0.4 is 0 Å². The number of hydrogen-bond acceptors (Lipinski definition) is 2. The number of rotatable bonds is 7. The Morgan fingerprint density at radius 2 is 2.00 bits per heavy atom. The summed E-state index contributed by atoms with van der Waals surface area (Å²) in [4.78, 5) is 13.8. The van der Waals surface area contributed by atoms with Crippen LogP contribution in [0.25, 0.3) is 0 Å².